The number of carbonyl (C=O) groups is 2. The third kappa shape index (κ3) is 12.9. The highest BCUT2D eigenvalue weighted by atomic mass is 16.5. The number of aliphatic carboxylic acids is 1. The van der Waals surface area contributed by atoms with Crippen LogP contribution in [0.2, 0.25) is 0 Å². The lowest BCUT2D eigenvalue weighted by Gasteiger charge is -2.05. The van der Waals surface area contributed by atoms with Crippen LogP contribution >= 0.6 is 0 Å². The summed E-state index contributed by atoms with van der Waals surface area (Å²) in [5.74, 6) is -0.421. The summed E-state index contributed by atoms with van der Waals surface area (Å²) in [5, 5.41) is 8.39. The summed E-state index contributed by atoms with van der Waals surface area (Å²) in [6.45, 7) is 4.86. The summed E-state index contributed by atoms with van der Waals surface area (Å²) in [6, 6.07) is 0. The van der Waals surface area contributed by atoms with E-state index in [4.69, 9.17) is 9.84 Å². The van der Waals surface area contributed by atoms with Gasteiger partial charge in [-0.05, 0) is 18.8 Å². The summed E-state index contributed by atoms with van der Waals surface area (Å²) < 4.78 is 5.00. The van der Waals surface area contributed by atoms with Gasteiger partial charge in [-0.25, -0.2) is 0 Å². The molecule has 0 spiro atoms. The number of hydrogen-bond acceptors (Lipinski definition) is 3. The van der Waals surface area contributed by atoms with Gasteiger partial charge in [-0.2, -0.15) is 0 Å². The van der Waals surface area contributed by atoms with Crippen molar-refractivity contribution in [1.82, 2.24) is 0 Å². The van der Waals surface area contributed by atoms with Crippen LogP contribution in [0.15, 0.2) is 0 Å². The molecule has 0 rings (SSSR count). The maximum atomic E-state index is 11.2. The van der Waals surface area contributed by atoms with E-state index in [9.17, 15) is 9.59 Å². The third-order valence-electron chi connectivity index (χ3n) is 2.46. The van der Waals surface area contributed by atoms with Crippen LogP contribution < -0.4 is 0 Å². The van der Waals surface area contributed by atoms with E-state index < -0.39 is 5.97 Å². The molecule has 0 aliphatic heterocycles. The highest BCUT2D eigenvalue weighted by molar-refractivity contribution is 5.71. The Balaban J connectivity index is 3.25. The molecule has 100 valence electrons. The maximum Gasteiger partial charge on any atom is 0.305 e. The Bertz CT molecular complexity index is 223. The van der Waals surface area contributed by atoms with Crippen LogP contribution in [-0.2, 0) is 14.3 Å². The molecule has 0 bridgehead atoms. The Hall–Kier alpha value is -1.06. The molecule has 4 heteroatoms. The fourth-order valence-electron chi connectivity index (χ4n) is 1.47. The van der Waals surface area contributed by atoms with Gasteiger partial charge in [-0.1, -0.05) is 33.1 Å². The molecular weight excluding hydrogens is 220 g/mol. The molecule has 4 nitrogen and oxygen atoms in total. The SMILES string of the molecule is CC(C)CCCCCOC(=O)CCCC(=O)O. The van der Waals surface area contributed by atoms with Crippen LogP contribution in [0.5, 0.6) is 0 Å². The molecule has 0 aromatic carbocycles. The lowest BCUT2D eigenvalue weighted by atomic mass is 10.1. The molecule has 0 fully saturated rings. The van der Waals surface area contributed by atoms with Crippen molar-refractivity contribution < 1.29 is 19.4 Å². The first-order valence-electron chi connectivity index (χ1n) is 6.39. The van der Waals surface area contributed by atoms with Crippen molar-refractivity contribution in [2.45, 2.75) is 58.8 Å². The maximum absolute atomic E-state index is 11.2. The van der Waals surface area contributed by atoms with E-state index in [1.807, 2.05) is 0 Å². The molecule has 0 saturated carbocycles. The Morgan fingerprint density at radius 3 is 2.35 bits per heavy atom. The molecule has 0 aliphatic rings. The standard InChI is InChI=1S/C13H24O4/c1-11(2)7-4-3-5-10-17-13(16)9-6-8-12(14)15/h11H,3-10H2,1-2H3,(H,14,15). The number of carbonyl (C=O) groups excluding carboxylic acids is 1. The van der Waals surface area contributed by atoms with Gasteiger partial charge in [0.1, 0.15) is 0 Å². The quantitative estimate of drug-likeness (QED) is 0.474. The van der Waals surface area contributed by atoms with Gasteiger partial charge in [-0.15, -0.1) is 0 Å². The number of carboxylic acid groups (broad SMARTS) is 1. The van der Waals surface area contributed by atoms with E-state index in [2.05, 4.69) is 13.8 Å². The van der Waals surface area contributed by atoms with Gasteiger partial charge >= 0.3 is 11.9 Å². The number of ether oxygens (including phenoxy) is 1. The molecule has 1 N–H and O–H groups in total. The van der Waals surface area contributed by atoms with Gasteiger partial charge in [0.05, 0.1) is 6.61 Å². The van der Waals surface area contributed by atoms with Crippen LogP contribution in [0.1, 0.15) is 58.8 Å². The largest absolute Gasteiger partial charge is 0.481 e. The van der Waals surface area contributed by atoms with Crippen molar-refractivity contribution in [2.24, 2.45) is 5.92 Å². The normalized spacial score (nSPS) is 10.5. The van der Waals surface area contributed by atoms with Crippen LogP contribution in [0.4, 0.5) is 0 Å². The highest BCUT2D eigenvalue weighted by Gasteiger charge is 2.04. The highest BCUT2D eigenvalue weighted by Crippen LogP contribution is 2.08. The number of unbranched alkanes of at least 4 members (excludes halogenated alkanes) is 2. The molecular formula is C13H24O4. The van der Waals surface area contributed by atoms with E-state index in [-0.39, 0.29) is 18.8 Å². The van der Waals surface area contributed by atoms with Crippen molar-refractivity contribution in [2.75, 3.05) is 6.61 Å². The van der Waals surface area contributed by atoms with Gasteiger partial charge in [0.2, 0.25) is 0 Å². The van der Waals surface area contributed by atoms with Crippen molar-refractivity contribution in [3.63, 3.8) is 0 Å². The smallest absolute Gasteiger partial charge is 0.305 e. The molecule has 0 atom stereocenters. The minimum absolute atomic E-state index is 0.0312. The van der Waals surface area contributed by atoms with Gasteiger partial charge in [0.15, 0.2) is 0 Å². The molecule has 0 aromatic heterocycles. The van der Waals surface area contributed by atoms with Crippen molar-refractivity contribution in [3.05, 3.63) is 0 Å². The Morgan fingerprint density at radius 2 is 1.76 bits per heavy atom. The molecule has 0 radical (unpaired) electrons. The van der Waals surface area contributed by atoms with Crippen molar-refractivity contribution in [1.29, 1.82) is 0 Å². The Labute approximate surface area is 103 Å². The predicted molar refractivity (Wildman–Crippen MR) is 65.8 cm³/mol. The van der Waals surface area contributed by atoms with Crippen LogP contribution in [-0.4, -0.2) is 23.7 Å². The van der Waals surface area contributed by atoms with Crippen LogP contribution in [0.3, 0.4) is 0 Å². The zero-order valence-corrected chi connectivity index (χ0v) is 10.9. The second-order valence-corrected chi connectivity index (χ2v) is 4.71. The number of hydrogen-bond donors (Lipinski definition) is 1. The second-order valence-electron chi connectivity index (χ2n) is 4.71. The Kier molecular flexibility index (Phi) is 9.49. The van der Waals surface area contributed by atoms with E-state index in [0.717, 1.165) is 18.8 Å². The predicted octanol–water partition coefficient (Wildman–Crippen LogP) is 3.00. The topological polar surface area (TPSA) is 63.6 Å². The number of carboxylic acids is 1. The number of esters is 1. The second kappa shape index (κ2) is 10.1. The molecule has 0 aromatic rings. The van der Waals surface area contributed by atoms with Gasteiger partial charge in [0.25, 0.3) is 0 Å². The van der Waals surface area contributed by atoms with E-state index in [0.29, 0.717) is 13.0 Å². The summed E-state index contributed by atoms with van der Waals surface area (Å²) >= 11 is 0. The summed E-state index contributed by atoms with van der Waals surface area (Å²) in [4.78, 5) is 21.4. The monoisotopic (exact) mass is 244 g/mol. The zero-order valence-electron chi connectivity index (χ0n) is 10.9. The minimum atomic E-state index is -0.869. The van der Waals surface area contributed by atoms with E-state index >= 15 is 0 Å². The zero-order chi connectivity index (χ0) is 13.1. The molecule has 0 amide bonds. The molecule has 0 unspecified atom stereocenters. The average molecular weight is 244 g/mol. The van der Waals surface area contributed by atoms with E-state index in [1.54, 1.807) is 0 Å². The molecule has 0 saturated heterocycles. The number of rotatable bonds is 10. The van der Waals surface area contributed by atoms with Crippen LogP contribution in [0, 0.1) is 5.92 Å². The van der Waals surface area contributed by atoms with Crippen molar-refractivity contribution in [3.8, 4) is 0 Å². The fourth-order valence-corrected chi connectivity index (χ4v) is 1.47. The van der Waals surface area contributed by atoms with Gasteiger partial charge in [0, 0.05) is 12.8 Å². The summed E-state index contributed by atoms with van der Waals surface area (Å²) in [7, 11) is 0. The third-order valence-corrected chi connectivity index (χ3v) is 2.46. The van der Waals surface area contributed by atoms with Crippen LogP contribution in [0.25, 0.3) is 0 Å². The lowest BCUT2D eigenvalue weighted by molar-refractivity contribution is -0.144. The minimum Gasteiger partial charge on any atom is -0.481 e. The van der Waals surface area contributed by atoms with E-state index in [1.165, 1.54) is 12.8 Å². The molecule has 0 aliphatic carbocycles. The average Bonchev–Trinajstić information content (AvgIpc) is 2.22. The molecule has 0 heterocycles. The van der Waals surface area contributed by atoms with Crippen molar-refractivity contribution >= 4 is 11.9 Å². The first-order chi connectivity index (χ1) is 8.02. The first-order valence-corrected chi connectivity index (χ1v) is 6.39. The fraction of sp³-hybridized carbons (Fsp3) is 0.846. The molecule has 17 heavy (non-hydrogen) atoms. The Morgan fingerprint density at radius 1 is 1.06 bits per heavy atom. The lowest BCUT2D eigenvalue weighted by Crippen LogP contribution is -2.07. The first kappa shape index (κ1) is 15.9. The van der Waals surface area contributed by atoms with Gasteiger partial charge < -0.3 is 9.84 Å². The van der Waals surface area contributed by atoms with Gasteiger partial charge in [-0.3, -0.25) is 9.59 Å². The summed E-state index contributed by atoms with van der Waals surface area (Å²) in [5.41, 5.74) is 0. The summed E-state index contributed by atoms with van der Waals surface area (Å²) in [6.07, 6.45) is 4.97.